The molecule has 1 unspecified atom stereocenters. The van der Waals surface area contributed by atoms with Crippen molar-refractivity contribution in [3.63, 3.8) is 0 Å². The number of sulfonamides is 1. The number of halogens is 1. The smallest absolute Gasteiger partial charge is 0.307 e. The zero-order chi connectivity index (χ0) is 17.4. The lowest BCUT2D eigenvalue weighted by Crippen LogP contribution is -2.42. The molecule has 0 spiro atoms. The minimum absolute atomic E-state index is 0.140. The number of carboxylic acid groups (broad SMARTS) is 1. The zero-order valence-corrected chi connectivity index (χ0v) is 13.9. The summed E-state index contributed by atoms with van der Waals surface area (Å²) in [5.74, 6) is -3.04. The van der Waals surface area contributed by atoms with Crippen molar-refractivity contribution >= 4 is 25.8 Å². The van der Waals surface area contributed by atoms with E-state index in [9.17, 15) is 26.0 Å². The third kappa shape index (κ3) is 3.70. The number of piperidine rings is 1. The van der Waals surface area contributed by atoms with Gasteiger partial charge >= 0.3 is 5.97 Å². The van der Waals surface area contributed by atoms with Gasteiger partial charge in [0.2, 0.25) is 10.0 Å². The fraction of sp³-hybridized carbons (Fsp3) is 0.462. The number of rotatable bonds is 4. The Morgan fingerprint density at radius 1 is 1.30 bits per heavy atom. The molecule has 1 N–H and O–H groups in total. The summed E-state index contributed by atoms with van der Waals surface area (Å²) in [5.41, 5.74) is 0. The summed E-state index contributed by atoms with van der Waals surface area (Å²) in [6.45, 7) is -0.0470. The number of nitrogens with zero attached hydrogens (tertiary/aromatic N) is 1. The van der Waals surface area contributed by atoms with Crippen molar-refractivity contribution in [3.05, 3.63) is 24.0 Å². The molecule has 1 saturated heterocycles. The van der Waals surface area contributed by atoms with Gasteiger partial charge in [0.05, 0.1) is 10.8 Å². The van der Waals surface area contributed by atoms with E-state index in [2.05, 4.69) is 0 Å². The van der Waals surface area contributed by atoms with E-state index in [0.29, 0.717) is 18.9 Å². The SMILES string of the molecule is CS(=O)(=O)c1ccc(S(=O)(=O)N2CCCC(C(=O)O)C2)cc1F. The van der Waals surface area contributed by atoms with Crippen LogP contribution in [-0.4, -0.2) is 51.6 Å². The number of hydrogen-bond donors (Lipinski definition) is 1. The van der Waals surface area contributed by atoms with Crippen molar-refractivity contribution in [2.75, 3.05) is 19.3 Å². The van der Waals surface area contributed by atoms with Gasteiger partial charge in [-0.05, 0) is 31.0 Å². The van der Waals surface area contributed by atoms with Crippen LogP contribution in [0.5, 0.6) is 0 Å². The van der Waals surface area contributed by atoms with Gasteiger partial charge in [-0.2, -0.15) is 4.31 Å². The molecule has 0 bridgehead atoms. The summed E-state index contributed by atoms with van der Waals surface area (Å²) in [4.78, 5) is 10.0. The molecule has 1 aliphatic heterocycles. The Kier molecular flexibility index (Phi) is 4.79. The number of hydrogen-bond acceptors (Lipinski definition) is 5. The summed E-state index contributed by atoms with van der Waals surface area (Å²) in [7, 11) is -7.88. The van der Waals surface area contributed by atoms with Gasteiger partial charge in [0.25, 0.3) is 0 Å². The second-order valence-corrected chi connectivity index (χ2v) is 9.33. The first-order valence-corrected chi connectivity index (χ1v) is 10.1. The van der Waals surface area contributed by atoms with E-state index in [1.165, 1.54) is 0 Å². The van der Waals surface area contributed by atoms with Crippen LogP contribution in [0.1, 0.15) is 12.8 Å². The van der Waals surface area contributed by atoms with Crippen LogP contribution in [0.25, 0.3) is 0 Å². The second kappa shape index (κ2) is 6.17. The Morgan fingerprint density at radius 3 is 2.48 bits per heavy atom. The van der Waals surface area contributed by atoms with Gasteiger partial charge < -0.3 is 5.11 Å². The quantitative estimate of drug-likeness (QED) is 0.842. The summed E-state index contributed by atoms with van der Waals surface area (Å²) in [6, 6.07) is 2.56. The van der Waals surface area contributed by atoms with Gasteiger partial charge in [-0.25, -0.2) is 21.2 Å². The van der Waals surface area contributed by atoms with E-state index in [1.807, 2.05) is 0 Å². The van der Waals surface area contributed by atoms with Crippen LogP contribution in [0, 0.1) is 11.7 Å². The fourth-order valence-electron chi connectivity index (χ4n) is 2.45. The lowest BCUT2D eigenvalue weighted by Gasteiger charge is -2.29. The Balaban J connectivity index is 2.37. The molecule has 1 heterocycles. The third-order valence-electron chi connectivity index (χ3n) is 3.67. The van der Waals surface area contributed by atoms with E-state index in [0.717, 1.165) is 22.7 Å². The second-order valence-electron chi connectivity index (χ2n) is 5.40. The van der Waals surface area contributed by atoms with Crippen molar-refractivity contribution < 1.29 is 31.1 Å². The largest absolute Gasteiger partial charge is 0.481 e. The van der Waals surface area contributed by atoms with Crippen molar-refractivity contribution in [1.82, 2.24) is 4.31 Å². The molecular formula is C13H16FNO6S2. The van der Waals surface area contributed by atoms with Crippen molar-refractivity contribution in [2.24, 2.45) is 5.92 Å². The number of carboxylic acids is 1. The minimum Gasteiger partial charge on any atom is -0.481 e. The van der Waals surface area contributed by atoms with E-state index in [-0.39, 0.29) is 13.1 Å². The van der Waals surface area contributed by atoms with E-state index in [1.54, 1.807) is 0 Å². The first-order chi connectivity index (χ1) is 10.5. The maximum absolute atomic E-state index is 13.9. The highest BCUT2D eigenvalue weighted by Crippen LogP contribution is 2.26. The molecule has 23 heavy (non-hydrogen) atoms. The number of benzene rings is 1. The van der Waals surface area contributed by atoms with Crippen LogP contribution >= 0.6 is 0 Å². The number of sulfone groups is 1. The highest BCUT2D eigenvalue weighted by atomic mass is 32.2. The molecular weight excluding hydrogens is 349 g/mol. The zero-order valence-electron chi connectivity index (χ0n) is 12.3. The average Bonchev–Trinajstić information content (AvgIpc) is 2.45. The summed E-state index contributed by atoms with van der Waals surface area (Å²) >= 11 is 0. The van der Waals surface area contributed by atoms with Crippen LogP contribution in [0.2, 0.25) is 0 Å². The first-order valence-electron chi connectivity index (χ1n) is 6.76. The van der Waals surface area contributed by atoms with Crippen LogP contribution in [0.15, 0.2) is 28.0 Å². The molecule has 2 rings (SSSR count). The molecule has 1 fully saturated rings. The topological polar surface area (TPSA) is 109 Å². The molecule has 128 valence electrons. The standard InChI is InChI=1S/C13H16FNO6S2/c1-22(18,19)12-5-4-10(7-11(12)14)23(20,21)15-6-2-3-9(8-15)13(16)17/h4-5,7,9H,2-3,6,8H2,1H3,(H,16,17). The van der Waals surface area contributed by atoms with E-state index >= 15 is 0 Å². The predicted molar refractivity (Wildman–Crippen MR) is 78.6 cm³/mol. The summed E-state index contributed by atoms with van der Waals surface area (Å²) in [5, 5.41) is 9.01. The van der Waals surface area contributed by atoms with Gasteiger partial charge in [0.15, 0.2) is 9.84 Å². The summed E-state index contributed by atoms with van der Waals surface area (Å²) in [6.07, 6.45) is 1.59. The monoisotopic (exact) mass is 365 g/mol. The Hall–Kier alpha value is -1.52. The fourth-order valence-corrected chi connectivity index (χ4v) is 4.72. The van der Waals surface area contributed by atoms with Crippen molar-refractivity contribution in [1.29, 1.82) is 0 Å². The molecule has 7 nitrogen and oxygen atoms in total. The maximum Gasteiger partial charge on any atom is 0.307 e. The van der Waals surface area contributed by atoms with Gasteiger partial charge in [0.1, 0.15) is 10.7 Å². The van der Waals surface area contributed by atoms with E-state index < -0.39 is 47.4 Å². The molecule has 1 aromatic rings. The Morgan fingerprint density at radius 2 is 1.96 bits per heavy atom. The average molecular weight is 365 g/mol. The molecule has 0 aromatic heterocycles. The molecule has 1 atom stereocenters. The minimum atomic E-state index is -4.08. The molecule has 1 aromatic carbocycles. The van der Waals surface area contributed by atoms with Crippen LogP contribution < -0.4 is 0 Å². The predicted octanol–water partition coefficient (Wildman–Crippen LogP) is 0.714. The Labute approximate surface area is 133 Å². The first kappa shape index (κ1) is 17.8. The molecule has 0 aliphatic carbocycles. The molecule has 0 radical (unpaired) electrons. The third-order valence-corrected chi connectivity index (χ3v) is 6.67. The van der Waals surface area contributed by atoms with Crippen LogP contribution in [0.3, 0.4) is 0 Å². The molecule has 1 aliphatic rings. The van der Waals surface area contributed by atoms with Gasteiger partial charge in [-0.3, -0.25) is 4.79 Å². The molecule has 0 saturated carbocycles. The number of carbonyl (C=O) groups is 1. The number of aliphatic carboxylic acids is 1. The normalized spacial score (nSPS) is 20.3. The van der Waals surface area contributed by atoms with Gasteiger partial charge in [0, 0.05) is 19.3 Å². The van der Waals surface area contributed by atoms with Gasteiger partial charge in [-0.15, -0.1) is 0 Å². The molecule has 10 heteroatoms. The van der Waals surface area contributed by atoms with Crippen LogP contribution in [0.4, 0.5) is 4.39 Å². The highest BCUT2D eigenvalue weighted by molar-refractivity contribution is 7.90. The van der Waals surface area contributed by atoms with E-state index in [4.69, 9.17) is 5.11 Å². The van der Waals surface area contributed by atoms with Crippen LogP contribution in [-0.2, 0) is 24.7 Å². The lowest BCUT2D eigenvalue weighted by atomic mass is 10.0. The summed E-state index contributed by atoms with van der Waals surface area (Å²) < 4.78 is 62.6. The van der Waals surface area contributed by atoms with Gasteiger partial charge in [-0.1, -0.05) is 0 Å². The Bertz CT molecular complexity index is 834. The lowest BCUT2D eigenvalue weighted by molar-refractivity contribution is -0.142. The van der Waals surface area contributed by atoms with Crippen molar-refractivity contribution in [2.45, 2.75) is 22.6 Å². The highest BCUT2D eigenvalue weighted by Gasteiger charge is 2.33. The van der Waals surface area contributed by atoms with Crippen molar-refractivity contribution in [3.8, 4) is 0 Å². The maximum atomic E-state index is 13.9. The molecule has 0 amide bonds.